The Hall–Kier alpha value is -1.30. The summed E-state index contributed by atoms with van der Waals surface area (Å²) in [6.07, 6.45) is 0. The number of carboxylic acid groups (broad SMARTS) is 1. The SMILES string of the molecule is Cl.NC(c1ccc(O)cc1)[C@H](N)C(=O)O. The van der Waals surface area contributed by atoms with Crippen LogP contribution in [0, 0.1) is 0 Å². The molecule has 1 rings (SSSR count). The van der Waals surface area contributed by atoms with Gasteiger partial charge >= 0.3 is 5.97 Å². The summed E-state index contributed by atoms with van der Waals surface area (Å²) in [6, 6.07) is 4.05. The maximum Gasteiger partial charge on any atom is 0.322 e. The molecule has 0 amide bonds. The first-order valence-electron chi connectivity index (χ1n) is 4.05. The number of benzene rings is 1. The summed E-state index contributed by atoms with van der Waals surface area (Å²) in [5.41, 5.74) is 11.5. The normalized spacial score (nSPS) is 13.7. The molecular formula is C9H13ClN2O3. The average molecular weight is 233 g/mol. The highest BCUT2D eigenvalue weighted by Gasteiger charge is 2.21. The Labute approximate surface area is 93.1 Å². The molecule has 84 valence electrons. The third kappa shape index (κ3) is 3.39. The molecule has 0 radical (unpaired) electrons. The van der Waals surface area contributed by atoms with Crippen LogP contribution in [0.1, 0.15) is 11.6 Å². The first kappa shape index (κ1) is 13.7. The van der Waals surface area contributed by atoms with Crippen LogP contribution in [0.4, 0.5) is 0 Å². The van der Waals surface area contributed by atoms with Gasteiger partial charge in [0.2, 0.25) is 0 Å². The molecule has 6 heteroatoms. The highest BCUT2D eigenvalue weighted by molar-refractivity contribution is 5.85. The van der Waals surface area contributed by atoms with Crippen LogP contribution >= 0.6 is 12.4 Å². The van der Waals surface area contributed by atoms with Gasteiger partial charge in [-0.05, 0) is 17.7 Å². The lowest BCUT2D eigenvalue weighted by Crippen LogP contribution is -2.40. The molecular weight excluding hydrogens is 220 g/mol. The highest BCUT2D eigenvalue weighted by Crippen LogP contribution is 2.16. The second-order valence-corrected chi connectivity index (χ2v) is 2.98. The maximum absolute atomic E-state index is 10.5. The van der Waals surface area contributed by atoms with Crippen LogP contribution in [0.2, 0.25) is 0 Å². The van der Waals surface area contributed by atoms with E-state index in [4.69, 9.17) is 21.7 Å². The molecule has 0 aliphatic carbocycles. The van der Waals surface area contributed by atoms with Gasteiger partial charge in [-0.3, -0.25) is 4.79 Å². The van der Waals surface area contributed by atoms with Gasteiger partial charge in [0.05, 0.1) is 6.04 Å². The van der Waals surface area contributed by atoms with Crippen molar-refractivity contribution in [2.45, 2.75) is 12.1 Å². The summed E-state index contributed by atoms with van der Waals surface area (Å²) in [6.45, 7) is 0. The van der Waals surface area contributed by atoms with E-state index in [0.29, 0.717) is 5.56 Å². The van der Waals surface area contributed by atoms with E-state index >= 15 is 0 Å². The number of phenols is 1. The smallest absolute Gasteiger partial charge is 0.322 e. The number of rotatable bonds is 3. The molecule has 0 saturated heterocycles. The molecule has 0 aliphatic heterocycles. The summed E-state index contributed by atoms with van der Waals surface area (Å²) in [4.78, 5) is 10.5. The third-order valence-electron chi connectivity index (χ3n) is 1.95. The van der Waals surface area contributed by atoms with E-state index in [0.717, 1.165) is 0 Å². The van der Waals surface area contributed by atoms with E-state index in [1.807, 2.05) is 0 Å². The molecule has 1 aromatic carbocycles. The van der Waals surface area contributed by atoms with Crippen molar-refractivity contribution in [2.24, 2.45) is 11.5 Å². The van der Waals surface area contributed by atoms with Crippen LogP contribution in [0.25, 0.3) is 0 Å². The molecule has 0 aromatic heterocycles. The molecule has 6 N–H and O–H groups in total. The van der Waals surface area contributed by atoms with Gasteiger partial charge in [-0.25, -0.2) is 0 Å². The fourth-order valence-electron chi connectivity index (χ4n) is 1.06. The second kappa shape index (κ2) is 5.55. The van der Waals surface area contributed by atoms with Gasteiger partial charge in [0.15, 0.2) is 0 Å². The van der Waals surface area contributed by atoms with E-state index in [-0.39, 0.29) is 18.2 Å². The number of phenolic OH excluding ortho intramolecular Hbond substituents is 1. The van der Waals surface area contributed by atoms with Gasteiger partial charge in [-0.1, -0.05) is 12.1 Å². The van der Waals surface area contributed by atoms with E-state index in [1.165, 1.54) is 12.1 Å². The topological polar surface area (TPSA) is 110 Å². The van der Waals surface area contributed by atoms with E-state index in [1.54, 1.807) is 12.1 Å². The van der Waals surface area contributed by atoms with Crippen molar-refractivity contribution in [3.63, 3.8) is 0 Å². The van der Waals surface area contributed by atoms with Crippen LogP contribution in [-0.4, -0.2) is 22.2 Å². The lowest BCUT2D eigenvalue weighted by atomic mass is 10.0. The number of carboxylic acids is 1. The average Bonchev–Trinajstić information content (AvgIpc) is 2.16. The van der Waals surface area contributed by atoms with E-state index in [9.17, 15) is 4.79 Å². The number of hydrogen-bond donors (Lipinski definition) is 4. The Morgan fingerprint density at radius 3 is 2.07 bits per heavy atom. The Balaban J connectivity index is 0.00000196. The Morgan fingerprint density at radius 2 is 1.67 bits per heavy atom. The monoisotopic (exact) mass is 232 g/mol. The lowest BCUT2D eigenvalue weighted by molar-refractivity contribution is -0.139. The molecule has 0 bridgehead atoms. The van der Waals surface area contributed by atoms with Crippen LogP contribution < -0.4 is 11.5 Å². The number of nitrogens with two attached hydrogens (primary N) is 2. The Bertz CT molecular complexity index is 329. The predicted molar refractivity (Wildman–Crippen MR) is 57.9 cm³/mol. The van der Waals surface area contributed by atoms with Crippen LogP contribution in [0.5, 0.6) is 5.75 Å². The maximum atomic E-state index is 10.5. The minimum atomic E-state index is -1.15. The number of hydrogen-bond acceptors (Lipinski definition) is 4. The molecule has 2 atom stereocenters. The zero-order valence-corrected chi connectivity index (χ0v) is 8.65. The third-order valence-corrected chi connectivity index (χ3v) is 1.95. The van der Waals surface area contributed by atoms with Crippen molar-refractivity contribution in [2.75, 3.05) is 0 Å². The minimum Gasteiger partial charge on any atom is -0.508 e. The lowest BCUT2D eigenvalue weighted by Gasteiger charge is -2.15. The predicted octanol–water partition coefficient (Wildman–Crippen LogP) is 0.226. The summed E-state index contributed by atoms with van der Waals surface area (Å²) in [5.74, 6) is -1.05. The molecule has 0 fully saturated rings. The van der Waals surface area contributed by atoms with Gasteiger partial charge in [-0.2, -0.15) is 0 Å². The zero-order valence-electron chi connectivity index (χ0n) is 7.83. The molecule has 0 heterocycles. The van der Waals surface area contributed by atoms with Crippen molar-refractivity contribution in [1.82, 2.24) is 0 Å². The van der Waals surface area contributed by atoms with Gasteiger partial charge in [0, 0.05) is 0 Å². The Morgan fingerprint density at radius 1 is 1.20 bits per heavy atom. The largest absolute Gasteiger partial charge is 0.508 e. The Kier molecular flexibility index (Phi) is 5.07. The van der Waals surface area contributed by atoms with Crippen molar-refractivity contribution in [1.29, 1.82) is 0 Å². The molecule has 0 aliphatic rings. The van der Waals surface area contributed by atoms with Crippen molar-refractivity contribution >= 4 is 18.4 Å². The van der Waals surface area contributed by atoms with Gasteiger partial charge < -0.3 is 21.7 Å². The highest BCUT2D eigenvalue weighted by atomic mass is 35.5. The van der Waals surface area contributed by atoms with Crippen molar-refractivity contribution < 1.29 is 15.0 Å². The number of halogens is 1. The summed E-state index contributed by atoms with van der Waals surface area (Å²) in [5, 5.41) is 17.6. The van der Waals surface area contributed by atoms with Crippen molar-refractivity contribution in [3.05, 3.63) is 29.8 Å². The number of aliphatic carboxylic acids is 1. The molecule has 0 saturated carbocycles. The molecule has 1 aromatic rings. The van der Waals surface area contributed by atoms with E-state index < -0.39 is 18.1 Å². The summed E-state index contributed by atoms with van der Waals surface area (Å²) < 4.78 is 0. The first-order valence-corrected chi connectivity index (χ1v) is 4.05. The van der Waals surface area contributed by atoms with Crippen molar-refractivity contribution in [3.8, 4) is 5.75 Å². The van der Waals surface area contributed by atoms with Crippen LogP contribution in [0.15, 0.2) is 24.3 Å². The fraction of sp³-hybridized carbons (Fsp3) is 0.222. The molecule has 5 nitrogen and oxygen atoms in total. The van der Waals surface area contributed by atoms with Gasteiger partial charge in [0.25, 0.3) is 0 Å². The summed E-state index contributed by atoms with van der Waals surface area (Å²) in [7, 11) is 0. The van der Waals surface area contributed by atoms with Crippen LogP contribution in [-0.2, 0) is 4.79 Å². The standard InChI is InChI=1S/C9H12N2O3.ClH/c10-7(8(11)9(13)14)5-1-3-6(12)4-2-5;/h1-4,7-8,12H,10-11H2,(H,13,14);1H/t7?,8-;/m0./s1. The number of carbonyl (C=O) groups is 1. The minimum absolute atomic E-state index is 0. The van der Waals surface area contributed by atoms with E-state index in [2.05, 4.69) is 0 Å². The zero-order chi connectivity index (χ0) is 10.7. The summed E-state index contributed by atoms with van der Waals surface area (Å²) >= 11 is 0. The quantitative estimate of drug-likeness (QED) is 0.596. The van der Waals surface area contributed by atoms with Gasteiger partial charge in [0.1, 0.15) is 11.8 Å². The fourth-order valence-corrected chi connectivity index (χ4v) is 1.06. The van der Waals surface area contributed by atoms with Gasteiger partial charge in [-0.15, -0.1) is 12.4 Å². The second-order valence-electron chi connectivity index (χ2n) is 2.98. The molecule has 0 spiro atoms. The molecule has 1 unspecified atom stereocenters. The number of aromatic hydroxyl groups is 1. The first-order chi connectivity index (χ1) is 6.52. The molecule has 15 heavy (non-hydrogen) atoms. The van der Waals surface area contributed by atoms with Crippen LogP contribution in [0.3, 0.4) is 0 Å².